The van der Waals surface area contributed by atoms with Gasteiger partial charge < -0.3 is 4.42 Å². The molecule has 1 aromatic heterocycles. The minimum absolute atomic E-state index is 0.136. The first-order valence-electron chi connectivity index (χ1n) is 10.1. The summed E-state index contributed by atoms with van der Waals surface area (Å²) in [4.78, 5) is 36.7. The van der Waals surface area contributed by atoms with Gasteiger partial charge in [0, 0.05) is 11.1 Å². The molecule has 5 aliphatic rings. The van der Waals surface area contributed by atoms with E-state index in [9.17, 15) is 19.7 Å². The summed E-state index contributed by atoms with van der Waals surface area (Å²) in [5.41, 5.74) is 0.0936. The van der Waals surface area contributed by atoms with Crippen molar-refractivity contribution in [2.75, 3.05) is 0 Å². The number of imide groups is 1. The van der Waals surface area contributed by atoms with E-state index in [1.54, 1.807) is 12.1 Å². The fourth-order valence-corrected chi connectivity index (χ4v) is 5.77. The minimum Gasteiger partial charge on any atom is -0.455 e. The van der Waals surface area contributed by atoms with Crippen LogP contribution in [0.3, 0.4) is 0 Å². The monoisotopic (exact) mass is 437 g/mol. The molecule has 1 aliphatic heterocycles. The number of carbonyl (C=O) groups is 2. The minimum atomic E-state index is -0.534. The maximum Gasteiger partial charge on any atom is 0.281 e. The lowest BCUT2D eigenvalue weighted by molar-refractivity contribution is -0.384. The molecule has 2 aromatic rings. The van der Waals surface area contributed by atoms with Gasteiger partial charge in [0.1, 0.15) is 11.5 Å². The van der Waals surface area contributed by atoms with Gasteiger partial charge in [-0.1, -0.05) is 23.8 Å². The van der Waals surface area contributed by atoms with Gasteiger partial charge in [-0.2, -0.15) is 10.1 Å². The third-order valence-electron chi connectivity index (χ3n) is 6.99. The van der Waals surface area contributed by atoms with Crippen LogP contribution in [0, 0.1) is 45.6 Å². The number of nitro groups is 1. The summed E-state index contributed by atoms with van der Waals surface area (Å²) in [5, 5.41) is 16.7. The van der Waals surface area contributed by atoms with Crippen molar-refractivity contribution >= 4 is 35.3 Å². The number of furan rings is 1. The van der Waals surface area contributed by atoms with Crippen LogP contribution in [0.15, 0.2) is 52.0 Å². The number of carbonyl (C=O) groups excluding carboxylic acids is 2. The quantitative estimate of drug-likeness (QED) is 0.237. The van der Waals surface area contributed by atoms with Crippen LogP contribution in [0.2, 0.25) is 5.02 Å². The molecule has 7 rings (SSSR count). The van der Waals surface area contributed by atoms with E-state index in [0.717, 1.165) is 11.4 Å². The van der Waals surface area contributed by atoms with E-state index in [4.69, 9.17) is 16.0 Å². The van der Waals surface area contributed by atoms with Gasteiger partial charge in [0.05, 0.1) is 28.5 Å². The maximum absolute atomic E-state index is 12.9. The highest BCUT2D eigenvalue weighted by Crippen LogP contribution is 2.65. The predicted octanol–water partition coefficient (Wildman–Crippen LogP) is 3.90. The molecule has 4 aliphatic carbocycles. The zero-order valence-corrected chi connectivity index (χ0v) is 16.8. The van der Waals surface area contributed by atoms with Crippen LogP contribution in [0.5, 0.6) is 0 Å². The van der Waals surface area contributed by atoms with E-state index in [0.29, 0.717) is 11.8 Å². The van der Waals surface area contributed by atoms with E-state index in [1.807, 2.05) is 0 Å². The third kappa shape index (κ3) is 2.64. The lowest BCUT2D eigenvalue weighted by Gasteiger charge is -2.37. The van der Waals surface area contributed by atoms with Crippen LogP contribution >= 0.6 is 11.6 Å². The summed E-state index contributed by atoms with van der Waals surface area (Å²) >= 11 is 5.86. The predicted molar refractivity (Wildman–Crippen MR) is 110 cm³/mol. The Labute approximate surface area is 181 Å². The summed E-state index contributed by atoms with van der Waals surface area (Å²) in [6.07, 6.45) is 6.62. The Kier molecular flexibility index (Phi) is 3.80. The van der Waals surface area contributed by atoms with Crippen molar-refractivity contribution in [3.63, 3.8) is 0 Å². The Morgan fingerprint density at radius 1 is 1.10 bits per heavy atom. The van der Waals surface area contributed by atoms with Gasteiger partial charge >= 0.3 is 0 Å². The van der Waals surface area contributed by atoms with Crippen LogP contribution in [-0.4, -0.2) is 28.0 Å². The number of nitro benzene ring substituents is 1. The fraction of sp³-hybridized carbons (Fsp3) is 0.318. The second kappa shape index (κ2) is 6.37. The van der Waals surface area contributed by atoms with Gasteiger partial charge in [0.2, 0.25) is 0 Å². The number of rotatable bonds is 4. The molecule has 3 fully saturated rings. The van der Waals surface area contributed by atoms with Crippen molar-refractivity contribution in [3.05, 3.63) is 63.4 Å². The van der Waals surface area contributed by atoms with Gasteiger partial charge in [0.15, 0.2) is 0 Å². The third-order valence-corrected chi connectivity index (χ3v) is 7.22. The first kappa shape index (κ1) is 18.5. The molecule has 156 valence electrons. The molecule has 2 amide bonds. The van der Waals surface area contributed by atoms with E-state index in [2.05, 4.69) is 17.3 Å². The first-order chi connectivity index (χ1) is 14.9. The molecular weight excluding hydrogens is 422 g/mol. The molecule has 2 bridgehead atoms. The standard InChI is InChI=1S/C22H16ClN3O5/c23-10-1-3-14(17(7-10)26(29)30)18-6-2-11(31-18)9-24-25-21(27)19-12-4-5-13(16-8-15(12)16)20(19)22(25)28/h1-7,9,12-13,15-16,19-20H,8H2/t12-,13-,15-,16+,19+,20+/m0/s1. The molecular formula is C22H16ClN3O5. The van der Waals surface area contributed by atoms with E-state index in [1.165, 1.54) is 24.4 Å². The first-order valence-corrected chi connectivity index (χ1v) is 10.5. The SMILES string of the molecule is O=C1[C@@H]2[C@H]3C=C[C@@H]([C@@H]4C[C@H]34)[C@H]2C(=O)N1N=Cc1ccc(-c2ccc(Cl)cc2[N+](=O)[O-])o1. The molecule has 9 heteroatoms. The van der Waals surface area contributed by atoms with Crippen molar-refractivity contribution < 1.29 is 18.9 Å². The summed E-state index contributed by atoms with van der Waals surface area (Å²) < 4.78 is 5.67. The number of amides is 2. The Balaban J connectivity index is 1.26. The number of hydrogen-bond donors (Lipinski definition) is 0. The van der Waals surface area contributed by atoms with Gasteiger partial charge in [0.25, 0.3) is 17.5 Å². The lowest BCUT2D eigenvalue weighted by atomic mass is 9.63. The zero-order valence-electron chi connectivity index (χ0n) is 16.1. The second-order valence-electron chi connectivity index (χ2n) is 8.51. The highest BCUT2D eigenvalue weighted by Gasteiger charge is 2.67. The summed E-state index contributed by atoms with van der Waals surface area (Å²) in [6, 6.07) is 7.45. The molecule has 1 aromatic carbocycles. The van der Waals surface area contributed by atoms with Crippen molar-refractivity contribution in [2.24, 2.45) is 40.6 Å². The number of nitrogens with zero attached hydrogens (tertiary/aromatic N) is 3. The zero-order chi connectivity index (χ0) is 21.4. The van der Waals surface area contributed by atoms with Gasteiger partial charge in [-0.15, -0.1) is 0 Å². The molecule has 8 nitrogen and oxygen atoms in total. The van der Waals surface area contributed by atoms with Crippen molar-refractivity contribution in [1.29, 1.82) is 0 Å². The van der Waals surface area contributed by atoms with Gasteiger partial charge in [-0.3, -0.25) is 19.7 Å². The lowest BCUT2D eigenvalue weighted by Crippen LogP contribution is -2.40. The summed E-state index contributed by atoms with van der Waals surface area (Å²) in [7, 11) is 0. The normalized spacial score (nSPS) is 32.6. The topological polar surface area (TPSA) is 106 Å². The molecule has 0 N–H and O–H groups in total. The van der Waals surface area contributed by atoms with Gasteiger partial charge in [-0.25, -0.2) is 0 Å². The van der Waals surface area contributed by atoms with Gasteiger partial charge in [-0.05, 0) is 54.4 Å². The van der Waals surface area contributed by atoms with Crippen molar-refractivity contribution in [3.8, 4) is 11.3 Å². The number of halogens is 1. The highest BCUT2D eigenvalue weighted by atomic mass is 35.5. The maximum atomic E-state index is 12.9. The van der Waals surface area contributed by atoms with E-state index in [-0.39, 0.29) is 63.3 Å². The number of hydrazone groups is 1. The smallest absolute Gasteiger partial charge is 0.281 e. The number of hydrogen-bond acceptors (Lipinski definition) is 6. The van der Waals surface area contributed by atoms with Crippen LogP contribution in [0.1, 0.15) is 12.2 Å². The van der Waals surface area contributed by atoms with Crippen molar-refractivity contribution in [2.45, 2.75) is 6.42 Å². The molecule has 6 atom stereocenters. The van der Waals surface area contributed by atoms with Crippen LogP contribution in [0.25, 0.3) is 11.3 Å². The molecule has 0 spiro atoms. The molecule has 0 radical (unpaired) electrons. The molecule has 0 unspecified atom stereocenters. The average Bonchev–Trinajstić information content (AvgIpc) is 3.39. The molecule has 1 saturated heterocycles. The molecule has 2 saturated carbocycles. The van der Waals surface area contributed by atoms with E-state index >= 15 is 0 Å². The van der Waals surface area contributed by atoms with E-state index < -0.39 is 4.92 Å². The Morgan fingerprint density at radius 2 is 1.77 bits per heavy atom. The Hall–Kier alpha value is -3.26. The Morgan fingerprint density at radius 3 is 2.42 bits per heavy atom. The highest BCUT2D eigenvalue weighted by molar-refractivity contribution is 6.30. The van der Waals surface area contributed by atoms with Crippen LogP contribution < -0.4 is 0 Å². The molecule has 2 heterocycles. The summed E-state index contributed by atoms with van der Waals surface area (Å²) in [6.45, 7) is 0. The fourth-order valence-electron chi connectivity index (χ4n) is 5.60. The summed E-state index contributed by atoms with van der Waals surface area (Å²) in [5.74, 6) is 0.736. The van der Waals surface area contributed by atoms with Crippen LogP contribution in [-0.2, 0) is 9.59 Å². The average molecular weight is 438 g/mol. The second-order valence-corrected chi connectivity index (χ2v) is 8.94. The molecule has 31 heavy (non-hydrogen) atoms. The number of allylic oxidation sites excluding steroid dienone is 2. The number of benzene rings is 1. The largest absolute Gasteiger partial charge is 0.455 e. The van der Waals surface area contributed by atoms with Crippen molar-refractivity contribution in [1.82, 2.24) is 5.01 Å². The van der Waals surface area contributed by atoms with Crippen LogP contribution in [0.4, 0.5) is 5.69 Å². The Bertz CT molecular complexity index is 1180.